The summed E-state index contributed by atoms with van der Waals surface area (Å²) in [4.78, 5) is 0. The summed E-state index contributed by atoms with van der Waals surface area (Å²) in [7, 11) is 0. The van der Waals surface area contributed by atoms with E-state index in [1.54, 1.807) is 0 Å². The van der Waals surface area contributed by atoms with Crippen LogP contribution in [0.1, 0.15) is 38.5 Å². The molecule has 0 bridgehead atoms. The summed E-state index contributed by atoms with van der Waals surface area (Å²) in [5, 5.41) is 7.15. The van der Waals surface area contributed by atoms with Gasteiger partial charge in [0.25, 0.3) is 0 Å². The predicted molar refractivity (Wildman–Crippen MR) is 63.8 cm³/mol. The van der Waals surface area contributed by atoms with E-state index >= 15 is 0 Å². The second kappa shape index (κ2) is 5.83. The minimum Gasteiger partial charge on any atom is -0.328 e. The van der Waals surface area contributed by atoms with Crippen molar-refractivity contribution in [2.45, 2.75) is 50.6 Å². The van der Waals surface area contributed by atoms with Crippen LogP contribution in [0.25, 0.3) is 0 Å². The zero-order chi connectivity index (χ0) is 10.5. The zero-order valence-electron chi connectivity index (χ0n) is 9.67. The van der Waals surface area contributed by atoms with Gasteiger partial charge in [-0.3, -0.25) is 0 Å². The Hall–Kier alpha value is -0.120. The van der Waals surface area contributed by atoms with E-state index in [0.29, 0.717) is 12.1 Å². The lowest BCUT2D eigenvalue weighted by atomic mass is 9.86. The molecule has 0 radical (unpaired) electrons. The highest BCUT2D eigenvalue weighted by molar-refractivity contribution is 4.79. The van der Waals surface area contributed by atoms with Gasteiger partial charge < -0.3 is 16.4 Å². The van der Waals surface area contributed by atoms with Gasteiger partial charge in [-0.25, -0.2) is 0 Å². The summed E-state index contributed by atoms with van der Waals surface area (Å²) in [5.41, 5.74) is 5.91. The minimum absolute atomic E-state index is 0.484. The van der Waals surface area contributed by atoms with Gasteiger partial charge in [-0.1, -0.05) is 0 Å². The first-order chi connectivity index (χ1) is 7.34. The van der Waals surface area contributed by atoms with Crippen molar-refractivity contribution >= 4 is 0 Å². The van der Waals surface area contributed by atoms with Gasteiger partial charge in [0.05, 0.1) is 0 Å². The first kappa shape index (κ1) is 11.4. The fraction of sp³-hybridized carbons (Fsp3) is 1.00. The first-order valence-corrected chi connectivity index (χ1v) is 6.54. The fourth-order valence-electron chi connectivity index (χ4n) is 2.75. The highest BCUT2D eigenvalue weighted by atomic mass is 15.0. The normalized spacial score (nSPS) is 37.8. The maximum Gasteiger partial charge on any atom is 0.0193 e. The summed E-state index contributed by atoms with van der Waals surface area (Å²) < 4.78 is 0. The van der Waals surface area contributed by atoms with Crippen molar-refractivity contribution in [1.82, 2.24) is 10.6 Å². The van der Waals surface area contributed by atoms with Crippen molar-refractivity contribution in [3.63, 3.8) is 0 Å². The molecule has 0 aromatic carbocycles. The van der Waals surface area contributed by atoms with Crippen LogP contribution in [0.15, 0.2) is 0 Å². The highest BCUT2D eigenvalue weighted by Crippen LogP contribution is 2.22. The average Bonchev–Trinajstić information content (AvgIpc) is 2.30. The van der Waals surface area contributed by atoms with Crippen LogP contribution in [0.4, 0.5) is 0 Å². The molecule has 4 N–H and O–H groups in total. The van der Waals surface area contributed by atoms with Crippen molar-refractivity contribution in [1.29, 1.82) is 0 Å². The van der Waals surface area contributed by atoms with Crippen LogP contribution >= 0.6 is 0 Å². The van der Waals surface area contributed by atoms with Gasteiger partial charge in [-0.15, -0.1) is 0 Å². The van der Waals surface area contributed by atoms with Gasteiger partial charge in [0.2, 0.25) is 0 Å². The molecule has 1 heterocycles. The number of hydrogen-bond acceptors (Lipinski definition) is 3. The largest absolute Gasteiger partial charge is 0.328 e. The molecule has 0 spiro atoms. The van der Waals surface area contributed by atoms with E-state index in [-0.39, 0.29) is 0 Å². The number of nitrogens with two attached hydrogens (primary N) is 1. The monoisotopic (exact) mass is 211 g/mol. The Bertz CT molecular complexity index is 170. The first-order valence-electron chi connectivity index (χ1n) is 6.54. The summed E-state index contributed by atoms with van der Waals surface area (Å²) in [5.74, 6) is 0.881. The van der Waals surface area contributed by atoms with Crippen molar-refractivity contribution in [3.8, 4) is 0 Å². The van der Waals surface area contributed by atoms with Crippen molar-refractivity contribution in [2.75, 3.05) is 19.6 Å². The lowest BCUT2D eigenvalue weighted by Gasteiger charge is -2.30. The predicted octanol–water partition coefficient (Wildman–Crippen LogP) is 0.845. The maximum atomic E-state index is 5.91. The Balaban J connectivity index is 1.60. The molecule has 1 saturated heterocycles. The Morgan fingerprint density at radius 3 is 2.60 bits per heavy atom. The summed E-state index contributed by atoms with van der Waals surface area (Å²) in [6.07, 6.45) is 7.79. The van der Waals surface area contributed by atoms with Gasteiger partial charge >= 0.3 is 0 Å². The summed E-state index contributed by atoms with van der Waals surface area (Å²) in [6.45, 7) is 3.57. The van der Waals surface area contributed by atoms with Gasteiger partial charge in [-0.2, -0.15) is 0 Å². The lowest BCUT2D eigenvalue weighted by Crippen LogP contribution is -2.45. The average molecular weight is 211 g/mol. The number of piperidine rings is 1. The molecular weight excluding hydrogens is 186 g/mol. The number of hydrogen-bond donors (Lipinski definition) is 3. The molecule has 2 aliphatic rings. The van der Waals surface area contributed by atoms with E-state index in [1.165, 1.54) is 51.6 Å². The van der Waals surface area contributed by atoms with E-state index in [1.807, 2.05) is 0 Å². The molecule has 1 aliphatic carbocycles. The van der Waals surface area contributed by atoms with Crippen LogP contribution in [-0.2, 0) is 0 Å². The highest BCUT2D eigenvalue weighted by Gasteiger charge is 2.20. The molecular formula is C12H25N3. The smallest absolute Gasteiger partial charge is 0.0193 e. The molecule has 2 fully saturated rings. The van der Waals surface area contributed by atoms with Crippen LogP contribution in [-0.4, -0.2) is 31.7 Å². The molecule has 1 atom stereocenters. The maximum absolute atomic E-state index is 5.91. The van der Waals surface area contributed by atoms with E-state index in [4.69, 9.17) is 5.73 Å². The quantitative estimate of drug-likeness (QED) is 0.648. The third-order valence-corrected chi connectivity index (χ3v) is 3.88. The van der Waals surface area contributed by atoms with Gasteiger partial charge in [0.1, 0.15) is 0 Å². The fourth-order valence-corrected chi connectivity index (χ4v) is 2.75. The molecule has 3 nitrogen and oxygen atoms in total. The van der Waals surface area contributed by atoms with Crippen LogP contribution in [0.2, 0.25) is 0 Å². The Morgan fingerprint density at radius 1 is 1.13 bits per heavy atom. The number of rotatable bonds is 3. The molecule has 0 amide bonds. The third-order valence-electron chi connectivity index (χ3n) is 3.88. The van der Waals surface area contributed by atoms with Crippen molar-refractivity contribution < 1.29 is 0 Å². The SMILES string of the molecule is NC1CCC(CNC2CCCNC2)CC1. The Morgan fingerprint density at radius 2 is 1.93 bits per heavy atom. The topological polar surface area (TPSA) is 50.1 Å². The van der Waals surface area contributed by atoms with Crippen LogP contribution in [0.5, 0.6) is 0 Å². The van der Waals surface area contributed by atoms with E-state index < -0.39 is 0 Å². The molecule has 88 valence electrons. The van der Waals surface area contributed by atoms with E-state index in [0.717, 1.165) is 12.5 Å². The van der Waals surface area contributed by atoms with Crippen molar-refractivity contribution in [2.24, 2.45) is 11.7 Å². The van der Waals surface area contributed by atoms with E-state index in [9.17, 15) is 0 Å². The third kappa shape index (κ3) is 3.74. The standard InChI is InChI=1S/C12H25N3/c13-11-5-3-10(4-6-11)8-15-12-2-1-7-14-9-12/h10-12,14-15H,1-9,13H2. The molecule has 3 heteroatoms. The molecule has 1 unspecified atom stereocenters. The molecule has 2 rings (SSSR count). The zero-order valence-corrected chi connectivity index (χ0v) is 9.67. The van der Waals surface area contributed by atoms with E-state index in [2.05, 4.69) is 10.6 Å². The molecule has 0 aromatic rings. The number of nitrogens with one attached hydrogen (secondary N) is 2. The van der Waals surface area contributed by atoms with Gasteiger partial charge in [0.15, 0.2) is 0 Å². The van der Waals surface area contributed by atoms with Crippen LogP contribution in [0.3, 0.4) is 0 Å². The van der Waals surface area contributed by atoms with Crippen LogP contribution in [0, 0.1) is 5.92 Å². The Kier molecular flexibility index (Phi) is 4.42. The molecule has 15 heavy (non-hydrogen) atoms. The molecule has 0 aromatic heterocycles. The van der Waals surface area contributed by atoms with Crippen LogP contribution < -0.4 is 16.4 Å². The second-order valence-corrected chi connectivity index (χ2v) is 5.23. The Labute approximate surface area is 93.2 Å². The second-order valence-electron chi connectivity index (χ2n) is 5.23. The van der Waals surface area contributed by atoms with Crippen molar-refractivity contribution in [3.05, 3.63) is 0 Å². The van der Waals surface area contributed by atoms with Gasteiger partial charge in [-0.05, 0) is 57.5 Å². The lowest BCUT2D eigenvalue weighted by molar-refractivity contribution is 0.289. The molecule has 1 saturated carbocycles. The van der Waals surface area contributed by atoms with Gasteiger partial charge in [0, 0.05) is 18.6 Å². The molecule has 1 aliphatic heterocycles. The minimum atomic E-state index is 0.484. The summed E-state index contributed by atoms with van der Waals surface area (Å²) >= 11 is 0. The summed E-state index contributed by atoms with van der Waals surface area (Å²) in [6, 6.07) is 1.20.